The second-order valence-electron chi connectivity index (χ2n) is 11.5. The summed E-state index contributed by atoms with van der Waals surface area (Å²) < 4.78 is 6.33. The van der Waals surface area contributed by atoms with Gasteiger partial charge < -0.3 is 30.3 Å². The maximum atomic E-state index is 10.3. The zero-order valence-corrected chi connectivity index (χ0v) is 26.3. The van der Waals surface area contributed by atoms with E-state index in [1.165, 1.54) is 5.56 Å². The van der Waals surface area contributed by atoms with Crippen LogP contribution in [0.15, 0.2) is 78.9 Å². The molecule has 1 atom stereocenters. The number of hydrogen-bond donors (Lipinski definition) is 5. The Bertz CT molecular complexity index is 1340. The van der Waals surface area contributed by atoms with Gasteiger partial charge in [0.25, 0.3) is 0 Å². The van der Waals surface area contributed by atoms with Crippen LogP contribution in [-0.4, -0.2) is 72.6 Å². The zero-order chi connectivity index (χ0) is 33.6. The summed E-state index contributed by atoms with van der Waals surface area (Å²) in [5, 5.41) is 43.6. The molecular weight excluding hydrogens is 578 g/mol. The summed E-state index contributed by atoms with van der Waals surface area (Å²) in [5.41, 5.74) is 1.74. The van der Waals surface area contributed by atoms with Gasteiger partial charge in [-0.3, -0.25) is 14.5 Å². The number of aliphatic carboxylic acids is 3. The van der Waals surface area contributed by atoms with E-state index < -0.39 is 36.4 Å². The Labute approximate surface area is 264 Å². The van der Waals surface area contributed by atoms with E-state index >= 15 is 0 Å². The molecule has 0 bridgehead atoms. The molecule has 0 aromatic heterocycles. The van der Waals surface area contributed by atoms with Crippen LogP contribution < -0.4 is 4.74 Å². The average molecular weight is 624 g/mol. The minimum Gasteiger partial charge on any atom is -0.489 e. The molecule has 3 rings (SSSR count). The van der Waals surface area contributed by atoms with Gasteiger partial charge in [-0.2, -0.15) is 0 Å². The van der Waals surface area contributed by atoms with E-state index in [-0.39, 0.29) is 12.5 Å². The first-order valence-corrected chi connectivity index (χ1v) is 14.9. The number of benzene rings is 3. The Balaban J connectivity index is 0.000000459. The van der Waals surface area contributed by atoms with Gasteiger partial charge in [0.15, 0.2) is 5.60 Å². The summed E-state index contributed by atoms with van der Waals surface area (Å²) in [7, 11) is 0. The van der Waals surface area contributed by atoms with E-state index in [2.05, 4.69) is 81.1 Å². The van der Waals surface area contributed by atoms with Crippen molar-refractivity contribution in [2.45, 2.75) is 83.8 Å². The molecule has 244 valence electrons. The SMILES string of the molecule is CC(C)N(CC[C@H](c1ccccc1)c1cc(CO)ccc1OCc1ccccc1)C(C)C.O=C(O)CC(O)(CC(=O)O)C(=O)O. The highest BCUT2D eigenvalue weighted by atomic mass is 16.5. The molecule has 3 aromatic carbocycles. The molecule has 10 nitrogen and oxygen atoms in total. The Morgan fingerprint density at radius 3 is 1.78 bits per heavy atom. The molecule has 45 heavy (non-hydrogen) atoms. The summed E-state index contributed by atoms with van der Waals surface area (Å²) in [4.78, 5) is 33.0. The van der Waals surface area contributed by atoms with E-state index in [4.69, 9.17) is 25.2 Å². The topological polar surface area (TPSA) is 165 Å². The number of carboxylic acid groups (broad SMARTS) is 3. The normalized spacial score (nSPS) is 12.0. The average Bonchev–Trinajstić information content (AvgIpc) is 2.98. The van der Waals surface area contributed by atoms with E-state index in [1.807, 2.05) is 30.3 Å². The lowest BCUT2D eigenvalue weighted by atomic mass is 9.86. The summed E-state index contributed by atoms with van der Waals surface area (Å²) in [6.45, 7) is 10.6. The van der Waals surface area contributed by atoms with Crippen LogP contribution in [0, 0.1) is 0 Å². The first-order chi connectivity index (χ1) is 21.3. The largest absolute Gasteiger partial charge is 0.489 e. The van der Waals surface area contributed by atoms with Gasteiger partial charge in [0.2, 0.25) is 0 Å². The monoisotopic (exact) mass is 623 g/mol. The third-order valence-electron chi connectivity index (χ3n) is 7.36. The fourth-order valence-electron chi connectivity index (χ4n) is 5.13. The number of carbonyl (C=O) groups is 3. The lowest BCUT2D eigenvalue weighted by Gasteiger charge is -2.32. The number of carboxylic acids is 3. The lowest BCUT2D eigenvalue weighted by Crippen LogP contribution is -2.42. The van der Waals surface area contributed by atoms with Crippen molar-refractivity contribution in [1.82, 2.24) is 4.90 Å². The van der Waals surface area contributed by atoms with Crippen LogP contribution in [0.2, 0.25) is 0 Å². The number of ether oxygens (including phenoxy) is 1. The fourth-order valence-corrected chi connectivity index (χ4v) is 5.13. The summed E-state index contributed by atoms with van der Waals surface area (Å²) in [6, 6.07) is 28.0. The molecule has 0 fully saturated rings. The molecule has 0 amide bonds. The van der Waals surface area contributed by atoms with E-state index in [0.717, 1.165) is 35.4 Å². The van der Waals surface area contributed by atoms with Crippen LogP contribution in [-0.2, 0) is 27.6 Å². The van der Waals surface area contributed by atoms with Crippen LogP contribution in [0.5, 0.6) is 5.75 Å². The van der Waals surface area contributed by atoms with Crippen molar-refractivity contribution in [1.29, 1.82) is 0 Å². The number of nitrogens with zero attached hydrogens (tertiary/aromatic N) is 1. The summed E-state index contributed by atoms with van der Waals surface area (Å²) >= 11 is 0. The highest BCUT2D eigenvalue weighted by Gasteiger charge is 2.40. The van der Waals surface area contributed by atoms with Crippen molar-refractivity contribution in [3.63, 3.8) is 0 Å². The molecule has 0 aliphatic rings. The van der Waals surface area contributed by atoms with Gasteiger partial charge >= 0.3 is 17.9 Å². The van der Waals surface area contributed by atoms with Gasteiger partial charge in [-0.1, -0.05) is 66.7 Å². The highest BCUT2D eigenvalue weighted by molar-refractivity contribution is 5.88. The molecular formula is C35H45NO9. The number of aliphatic hydroxyl groups is 2. The minimum atomic E-state index is -2.74. The Kier molecular flexibility index (Phi) is 14.7. The Morgan fingerprint density at radius 1 is 0.778 bits per heavy atom. The van der Waals surface area contributed by atoms with Crippen molar-refractivity contribution in [2.75, 3.05) is 6.54 Å². The van der Waals surface area contributed by atoms with E-state index in [9.17, 15) is 19.5 Å². The molecule has 0 spiro atoms. The van der Waals surface area contributed by atoms with E-state index in [0.29, 0.717) is 18.7 Å². The smallest absolute Gasteiger partial charge is 0.336 e. The van der Waals surface area contributed by atoms with Crippen LogP contribution >= 0.6 is 0 Å². The predicted octanol–water partition coefficient (Wildman–Crippen LogP) is 5.15. The van der Waals surface area contributed by atoms with Gasteiger partial charge in [-0.05, 0) is 69.5 Å². The Morgan fingerprint density at radius 2 is 1.31 bits per heavy atom. The van der Waals surface area contributed by atoms with Gasteiger partial charge in [0.05, 0.1) is 19.4 Å². The van der Waals surface area contributed by atoms with Gasteiger partial charge in [0, 0.05) is 23.6 Å². The van der Waals surface area contributed by atoms with Crippen molar-refractivity contribution in [3.05, 3.63) is 101 Å². The van der Waals surface area contributed by atoms with Gasteiger partial charge in [0.1, 0.15) is 12.4 Å². The first kappa shape index (κ1) is 36.9. The van der Waals surface area contributed by atoms with Crippen LogP contribution in [0.4, 0.5) is 0 Å². The number of aliphatic hydroxyl groups excluding tert-OH is 1. The van der Waals surface area contributed by atoms with Gasteiger partial charge in [-0.15, -0.1) is 0 Å². The van der Waals surface area contributed by atoms with Crippen LogP contribution in [0.3, 0.4) is 0 Å². The quantitative estimate of drug-likeness (QED) is 0.144. The second-order valence-corrected chi connectivity index (χ2v) is 11.5. The first-order valence-electron chi connectivity index (χ1n) is 14.9. The molecule has 3 aromatic rings. The molecule has 0 aliphatic heterocycles. The minimum absolute atomic E-state index is 0.0254. The zero-order valence-electron chi connectivity index (χ0n) is 26.3. The molecule has 0 saturated carbocycles. The van der Waals surface area contributed by atoms with Crippen molar-refractivity contribution >= 4 is 17.9 Å². The standard InChI is InChI=1S/C29H37NO2.C6H8O7/c1-22(2)30(23(3)4)18-17-27(26-13-9-6-10-14-26)28-19-25(20-31)15-16-29(28)32-21-24-11-7-5-8-12-24;7-3(8)1-6(13,5(11)12)2-4(9)10/h5-16,19,22-23,27,31H,17-18,20-21H2,1-4H3;13H,1-2H2,(H,7,8)(H,9,10)(H,11,12)/t27-;/m1./s1. The molecule has 0 aliphatic carbocycles. The molecule has 0 radical (unpaired) electrons. The summed E-state index contributed by atoms with van der Waals surface area (Å²) in [5.74, 6) is -3.94. The number of hydrogen-bond acceptors (Lipinski definition) is 7. The van der Waals surface area contributed by atoms with Crippen LogP contribution in [0.1, 0.15) is 75.1 Å². The highest BCUT2D eigenvalue weighted by Crippen LogP contribution is 2.36. The maximum absolute atomic E-state index is 10.3. The van der Waals surface area contributed by atoms with E-state index in [1.54, 1.807) is 0 Å². The summed E-state index contributed by atoms with van der Waals surface area (Å²) in [6.07, 6.45) is -1.31. The van der Waals surface area contributed by atoms with Crippen LogP contribution in [0.25, 0.3) is 0 Å². The molecule has 0 unspecified atom stereocenters. The van der Waals surface area contributed by atoms with Crippen molar-refractivity contribution in [2.24, 2.45) is 0 Å². The van der Waals surface area contributed by atoms with Gasteiger partial charge in [-0.25, -0.2) is 4.79 Å². The molecule has 5 N–H and O–H groups in total. The second kappa shape index (κ2) is 17.9. The maximum Gasteiger partial charge on any atom is 0.336 e. The third kappa shape index (κ3) is 12.0. The predicted molar refractivity (Wildman–Crippen MR) is 170 cm³/mol. The molecule has 0 saturated heterocycles. The Hall–Kier alpha value is -4.25. The fraction of sp³-hybridized carbons (Fsp3) is 0.400. The molecule has 10 heteroatoms. The molecule has 0 heterocycles. The third-order valence-corrected chi connectivity index (χ3v) is 7.36. The number of rotatable bonds is 16. The van der Waals surface area contributed by atoms with Crippen molar-refractivity contribution in [3.8, 4) is 5.75 Å². The lowest BCUT2D eigenvalue weighted by molar-refractivity contribution is -0.170. The van der Waals surface area contributed by atoms with Crippen molar-refractivity contribution < 1.29 is 44.7 Å².